The highest BCUT2D eigenvalue weighted by molar-refractivity contribution is 5.86. The number of carbonyl (C=O) groups is 2. The second-order valence-corrected chi connectivity index (χ2v) is 11.1. The molecule has 37 heavy (non-hydrogen) atoms. The summed E-state index contributed by atoms with van der Waals surface area (Å²) in [6.45, 7) is 8.86. The largest absolute Gasteiger partial charge is 0.454 e. The molecule has 1 fully saturated rings. The molecule has 6 nitrogen and oxygen atoms in total. The molecule has 4 rings (SSSR count). The van der Waals surface area contributed by atoms with Crippen LogP contribution < -0.4 is 14.8 Å². The summed E-state index contributed by atoms with van der Waals surface area (Å²) in [7, 11) is 0. The number of rotatable bonds is 10. The van der Waals surface area contributed by atoms with Crippen molar-refractivity contribution in [1.82, 2.24) is 10.2 Å². The van der Waals surface area contributed by atoms with Crippen LogP contribution in [0.25, 0.3) is 0 Å². The highest BCUT2D eigenvalue weighted by Crippen LogP contribution is 2.44. The van der Waals surface area contributed by atoms with Gasteiger partial charge in [0.25, 0.3) is 0 Å². The summed E-state index contributed by atoms with van der Waals surface area (Å²) in [5.41, 5.74) is 1.01. The second-order valence-electron chi connectivity index (χ2n) is 11.1. The Kier molecular flexibility index (Phi) is 9.70. The van der Waals surface area contributed by atoms with Crippen molar-refractivity contribution < 1.29 is 19.1 Å². The lowest BCUT2D eigenvalue weighted by molar-refractivity contribution is -0.138. The molecule has 0 spiro atoms. The molecule has 4 unspecified atom stereocenters. The number of nitrogens with zero attached hydrogens (tertiary/aromatic N) is 1. The SMILES string of the molecule is CCCCCC=CC1C(C(=O)N2CCCCC2)C=CC(c2ccc3c(c2)OCO3)C1C(=O)NCC(C)C. The third kappa shape index (κ3) is 6.77. The summed E-state index contributed by atoms with van der Waals surface area (Å²) in [6, 6.07) is 5.95. The molecule has 6 heteroatoms. The molecule has 1 aromatic carbocycles. The third-order valence-corrected chi connectivity index (χ3v) is 7.80. The zero-order chi connectivity index (χ0) is 26.2. The van der Waals surface area contributed by atoms with Gasteiger partial charge in [-0.2, -0.15) is 0 Å². The van der Waals surface area contributed by atoms with E-state index in [1.165, 1.54) is 19.3 Å². The van der Waals surface area contributed by atoms with Gasteiger partial charge in [0.05, 0.1) is 11.8 Å². The monoisotopic (exact) mass is 508 g/mol. The van der Waals surface area contributed by atoms with Crippen LogP contribution in [0.2, 0.25) is 0 Å². The van der Waals surface area contributed by atoms with Crippen LogP contribution in [0.3, 0.4) is 0 Å². The number of carbonyl (C=O) groups excluding carboxylic acids is 2. The topological polar surface area (TPSA) is 67.9 Å². The number of fused-ring (bicyclic) bond motifs is 1. The smallest absolute Gasteiger partial charge is 0.231 e. The molecule has 202 valence electrons. The zero-order valence-electron chi connectivity index (χ0n) is 22.8. The Morgan fingerprint density at radius 1 is 1.08 bits per heavy atom. The van der Waals surface area contributed by atoms with Gasteiger partial charge in [0.2, 0.25) is 18.6 Å². The van der Waals surface area contributed by atoms with E-state index in [1.807, 2.05) is 23.1 Å². The molecular weight excluding hydrogens is 464 g/mol. The van der Waals surface area contributed by atoms with Gasteiger partial charge in [-0.15, -0.1) is 0 Å². The lowest BCUT2D eigenvalue weighted by Crippen LogP contribution is -2.48. The summed E-state index contributed by atoms with van der Waals surface area (Å²) in [4.78, 5) is 29.7. The van der Waals surface area contributed by atoms with Crippen molar-refractivity contribution in [3.63, 3.8) is 0 Å². The predicted octanol–water partition coefficient (Wildman–Crippen LogP) is 5.84. The average Bonchev–Trinajstić information content (AvgIpc) is 3.39. The van der Waals surface area contributed by atoms with Crippen molar-refractivity contribution in [3.8, 4) is 11.5 Å². The first-order chi connectivity index (χ1) is 18.0. The van der Waals surface area contributed by atoms with E-state index in [0.29, 0.717) is 18.2 Å². The van der Waals surface area contributed by atoms with Crippen LogP contribution >= 0.6 is 0 Å². The van der Waals surface area contributed by atoms with E-state index in [1.54, 1.807) is 0 Å². The summed E-state index contributed by atoms with van der Waals surface area (Å²) < 4.78 is 11.2. The number of unbranched alkanes of at least 4 members (excludes halogenated alkanes) is 3. The van der Waals surface area contributed by atoms with Gasteiger partial charge < -0.3 is 19.7 Å². The Hall–Kier alpha value is -2.76. The van der Waals surface area contributed by atoms with E-state index in [4.69, 9.17) is 9.47 Å². The highest BCUT2D eigenvalue weighted by Gasteiger charge is 2.44. The lowest BCUT2D eigenvalue weighted by atomic mass is 9.67. The maximum atomic E-state index is 13.9. The zero-order valence-corrected chi connectivity index (χ0v) is 22.8. The number of allylic oxidation sites excluding steroid dienone is 3. The number of hydrogen-bond acceptors (Lipinski definition) is 4. The van der Waals surface area contributed by atoms with Crippen molar-refractivity contribution in [2.75, 3.05) is 26.4 Å². The maximum Gasteiger partial charge on any atom is 0.231 e. The Morgan fingerprint density at radius 2 is 1.86 bits per heavy atom. The van der Waals surface area contributed by atoms with Crippen molar-refractivity contribution in [3.05, 3.63) is 48.1 Å². The number of nitrogens with one attached hydrogen (secondary N) is 1. The Bertz CT molecular complexity index is 979. The van der Waals surface area contributed by atoms with Crippen LogP contribution in [0.4, 0.5) is 0 Å². The summed E-state index contributed by atoms with van der Waals surface area (Å²) >= 11 is 0. The van der Waals surface area contributed by atoms with Crippen LogP contribution in [0.5, 0.6) is 11.5 Å². The van der Waals surface area contributed by atoms with E-state index in [-0.39, 0.29) is 42.3 Å². The molecule has 1 N–H and O–H groups in total. The van der Waals surface area contributed by atoms with Crippen LogP contribution in [0.1, 0.15) is 77.2 Å². The standard InChI is InChI=1S/C31H44N2O4/c1-4-5-6-7-9-12-25-26(31(35)33-17-10-8-11-18-33)15-14-24(29(25)30(34)32-20-22(2)3)23-13-16-27-28(19-23)37-21-36-27/h9,12-16,19,22,24-26,29H,4-8,10-11,17-18,20-21H2,1-3H3,(H,32,34). The van der Waals surface area contributed by atoms with E-state index >= 15 is 0 Å². The minimum absolute atomic E-state index is 0.0142. The normalized spacial score (nSPS) is 25.1. The molecule has 1 aromatic rings. The molecule has 2 heterocycles. The Morgan fingerprint density at radius 3 is 2.62 bits per heavy atom. The summed E-state index contributed by atoms with van der Waals surface area (Å²) in [5, 5.41) is 3.20. The first-order valence-electron chi connectivity index (χ1n) is 14.3. The minimum atomic E-state index is -0.384. The Labute approximate surface area is 222 Å². The van der Waals surface area contributed by atoms with Gasteiger partial charge in [-0.3, -0.25) is 9.59 Å². The van der Waals surface area contributed by atoms with E-state index in [2.05, 4.69) is 50.4 Å². The van der Waals surface area contributed by atoms with Crippen molar-refractivity contribution in [2.24, 2.45) is 23.7 Å². The lowest BCUT2D eigenvalue weighted by Gasteiger charge is -2.40. The number of benzene rings is 1. The molecule has 3 aliphatic rings. The second kappa shape index (κ2) is 13.2. The van der Waals surface area contributed by atoms with Crippen molar-refractivity contribution in [1.29, 1.82) is 0 Å². The van der Waals surface area contributed by atoms with E-state index < -0.39 is 0 Å². The van der Waals surface area contributed by atoms with E-state index in [0.717, 1.165) is 50.1 Å². The third-order valence-electron chi connectivity index (χ3n) is 7.80. The van der Waals surface area contributed by atoms with Gasteiger partial charge in [-0.25, -0.2) is 0 Å². The van der Waals surface area contributed by atoms with Gasteiger partial charge in [0, 0.05) is 31.5 Å². The average molecular weight is 509 g/mol. The maximum absolute atomic E-state index is 13.9. The highest BCUT2D eigenvalue weighted by atomic mass is 16.7. The van der Waals surface area contributed by atoms with Gasteiger partial charge in [-0.1, -0.05) is 64.0 Å². The van der Waals surface area contributed by atoms with Gasteiger partial charge in [0.15, 0.2) is 11.5 Å². The fraction of sp³-hybridized carbons (Fsp3) is 0.613. The molecule has 0 bridgehead atoms. The molecular formula is C31H44N2O4. The fourth-order valence-electron chi connectivity index (χ4n) is 5.73. The molecule has 2 amide bonds. The minimum Gasteiger partial charge on any atom is -0.454 e. The molecule has 1 saturated heterocycles. The number of piperidine rings is 1. The molecule has 0 aromatic heterocycles. The van der Waals surface area contributed by atoms with Crippen LogP contribution in [0, 0.1) is 23.7 Å². The molecule has 4 atom stereocenters. The quantitative estimate of drug-likeness (QED) is 0.319. The first kappa shape index (κ1) is 27.3. The van der Waals surface area contributed by atoms with Crippen molar-refractivity contribution >= 4 is 11.8 Å². The number of ether oxygens (including phenoxy) is 2. The fourth-order valence-corrected chi connectivity index (χ4v) is 5.73. The van der Waals surface area contributed by atoms with Crippen LogP contribution in [0.15, 0.2) is 42.5 Å². The first-order valence-corrected chi connectivity index (χ1v) is 14.3. The molecule has 0 saturated carbocycles. The molecule has 0 radical (unpaired) electrons. The molecule has 1 aliphatic carbocycles. The van der Waals surface area contributed by atoms with Gasteiger partial charge >= 0.3 is 0 Å². The number of amides is 2. The predicted molar refractivity (Wildman–Crippen MR) is 146 cm³/mol. The van der Waals surface area contributed by atoms with Crippen LogP contribution in [-0.4, -0.2) is 43.1 Å². The summed E-state index contributed by atoms with van der Waals surface area (Å²) in [6.07, 6.45) is 16.3. The van der Waals surface area contributed by atoms with Gasteiger partial charge in [0.1, 0.15) is 0 Å². The Balaban J connectivity index is 1.69. The summed E-state index contributed by atoms with van der Waals surface area (Å²) in [5.74, 6) is 0.887. The molecule has 2 aliphatic heterocycles. The number of likely N-dealkylation sites (tertiary alicyclic amines) is 1. The van der Waals surface area contributed by atoms with Crippen LogP contribution in [-0.2, 0) is 9.59 Å². The van der Waals surface area contributed by atoms with E-state index in [9.17, 15) is 9.59 Å². The van der Waals surface area contributed by atoms with Gasteiger partial charge in [-0.05, 0) is 55.7 Å². The number of hydrogen-bond donors (Lipinski definition) is 1. The van der Waals surface area contributed by atoms with Crippen molar-refractivity contribution in [2.45, 2.75) is 71.6 Å².